The molecule has 2 amide bonds. The summed E-state index contributed by atoms with van der Waals surface area (Å²) in [6, 6.07) is 13.0. The zero-order valence-corrected chi connectivity index (χ0v) is 13.1. The van der Waals surface area contributed by atoms with Crippen molar-refractivity contribution < 1.29 is 9.59 Å². The van der Waals surface area contributed by atoms with E-state index in [1.165, 1.54) is 18.2 Å². The van der Waals surface area contributed by atoms with Gasteiger partial charge in [-0.25, -0.2) is 0 Å². The first-order valence-corrected chi connectivity index (χ1v) is 7.32. The summed E-state index contributed by atoms with van der Waals surface area (Å²) in [6.07, 6.45) is 0.323. The van der Waals surface area contributed by atoms with Crippen LogP contribution in [0, 0.1) is 0 Å². The van der Waals surface area contributed by atoms with E-state index in [1.54, 1.807) is 0 Å². The second-order valence-electron chi connectivity index (χ2n) is 4.75. The molecule has 2 aromatic carbocycles. The molecule has 3 N–H and O–H groups in total. The first-order chi connectivity index (χ1) is 10.5. The zero-order valence-electron chi connectivity index (χ0n) is 11.6. The van der Waals surface area contributed by atoms with Crippen LogP contribution in [-0.4, -0.2) is 17.9 Å². The molecular weight excluding hydrogens is 323 g/mol. The lowest BCUT2D eigenvalue weighted by molar-refractivity contribution is -0.119. The molecule has 0 fully saturated rings. The Hall–Kier alpha value is -2.04. The lowest BCUT2D eigenvalue weighted by Crippen LogP contribution is -2.45. The van der Waals surface area contributed by atoms with Crippen LogP contribution >= 0.6 is 23.2 Å². The van der Waals surface area contributed by atoms with E-state index in [1.807, 2.05) is 30.3 Å². The molecule has 4 nitrogen and oxygen atoms in total. The SMILES string of the molecule is NC(=O)[C@H](Cc1ccccc1)NC(=O)c1ccc(Cl)c(Cl)c1. The molecule has 0 aliphatic rings. The third kappa shape index (κ3) is 4.23. The second kappa shape index (κ2) is 7.29. The van der Waals surface area contributed by atoms with Crippen molar-refractivity contribution in [2.24, 2.45) is 5.73 Å². The van der Waals surface area contributed by atoms with E-state index in [4.69, 9.17) is 28.9 Å². The van der Waals surface area contributed by atoms with Crippen LogP contribution in [0.2, 0.25) is 10.0 Å². The number of carbonyl (C=O) groups excluding carboxylic acids is 2. The molecule has 0 aromatic heterocycles. The lowest BCUT2D eigenvalue weighted by atomic mass is 10.0. The molecule has 0 spiro atoms. The van der Waals surface area contributed by atoms with Crippen LogP contribution in [0.25, 0.3) is 0 Å². The molecular formula is C16H14Cl2N2O2. The second-order valence-corrected chi connectivity index (χ2v) is 5.56. The molecule has 0 unspecified atom stereocenters. The summed E-state index contributed by atoms with van der Waals surface area (Å²) in [7, 11) is 0. The molecule has 2 aromatic rings. The highest BCUT2D eigenvalue weighted by atomic mass is 35.5. The Bertz CT molecular complexity index is 690. The Kier molecular flexibility index (Phi) is 5.41. The summed E-state index contributed by atoms with van der Waals surface area (Å²) in [4.78, 5) is 23.7. The molecule has 0 aliphatic heterocycles. The van der Waals surface area contributed by atoms with Crippen molar-refractivity contribution in [3.63, 3.8) is 0 Å². The molecule has 1 atom stereocenters. The van der Waals surface area contributed by atoms with Crippen LogP contribution in [0.3, 0.4) is 0 Å². The Morgan fingerprint density at radius 1 is 1.05 bits per heavy atom. The van der Waals surface area contributed by atoms with Crippen LogP contribution in [-0.2, 0) is 11.2 Å². The number of nitrogens with two attached hydrogens (primary N) is 1. The minimum absolute atomic E-state index is 0.271. The first-order valence-electron chi connectivity index (χ1n) is 6.56. The van der Waals surface area contributed by atoms with Gasteiger partial charge in [-0.15, -0.1) is 0 Å². The number of halogens is 2. The maximum absolute atomic E-state index is 12.2. The number of benzene rings is 2. The molecule has 114 valence electrons. The highest BCUT2D eigenvalue weighted by Gasteiger charge is 2.19. The predicted octanol–water partition coefficient (Wildman–Crippen LogP) is 2.82. The van der Waals surface area contributed by atoms with Crippen LogP contribution < -0.4 is 11.1 Å². The van der Waals surface area contributed by atoms with Crippen molar-refractivity contribution in [3.8, 4) is 0 Å². The van der Waals surface area contributed by atoms with Gasteiger partial charge in [0.1, 0.15) is 6.04 Å². The number of nitrogens with one attached hydrogen (secondary N) is 1. The molecule has 0 saturated heterocycles. The molecule has 0 saturated carbocycles. The van der Waals surface area contributed by atoms with Gasteiger partial charge >= 0.3 is 0 Å². The molecule has 0 aliphatic carbocycles. The maximum Gasteiger partial charge on any atom is 0.251 e. The van der Waals surface area contributed by atoms with Gasteiger partial charge in [0.15, 0.2) is 0 Å². The average Bonchev–Trinajstić information content (AvgIpc) is 2.50. The smallest absolute Gasteiger partial charge is 0.251 e. The van der Waals surface area contributed by atoms with E-state index in [-0.39, 0.29) is 5.02 Å². The van der Waals surface area contributed by atoms with E-state index < -0.39 is 17.9 Å². The fourth-order valence-corrected chi connectivity index (χ4v) is 2.25. The summed E-state index contributed by atoms with van der Waals surface area (Å²) < 4.78 is 0. The molecule has 0 heterocycles. The molecule has 0 radical (unpaired) electrons. The normalized spacial score (nSPS) is 11.7. The lowest BCUT2D eigenvalue weighted by Gasteiger charge is -2.16. The topological polar surface area (TPSA) is 72.2 Å². The zero-order chi connectivity index (χ0) is 16.1. The number of rotatable bonds is 5. The third-order valence-electron chi connectivity index (χ3n) is 3.11. The minimum atomic E-state index is -0.802. The van der Waals surface area contributed by atoms with Gasteiger partial charge < -0.3 is 11.1 Å². The van der Waals surface area contributed by atoms with Crippen molar-refractivity contribution in [3.05, 3.63) is 69.7 Å². The highest BCUT2D eigenvalue weighted by molar-refractivity contribution is 6.42. The summed E-state index contributed by atoms with van der Waals surface area (Å²) in [6.45, 7) is 0. The predicted molar refractivity (Wildman–Crippen MR) is 87.1 cm³/mol. The Morgan fingerprint density at radius 3 is 2.32 bits per heavy atom. The van der Waals surface area contributed by atoms with Gasteiger partial charge in [0.25, 0.3) is 5.91 Å². The summed E-state index contributed by atoms with van der Waals surface area (Å²) >= 11 is 11.7. The quantitative estimate of drug-likeness (QED) is 0.881. The largest absolute Gasteiger partial charge is 0.368 e. The number of primary amides is 1. The van der Waals surface area contributed by atoms with Crippen molar-refractivity contribution in [2.45, 2.75) is 12.5 Å². The van der Waals surface area contributed by atoms with Gasteiger partial charge in [0, 0.05) is 12.0 Å². The monoisotopic (exact) mass is 336 g/mol. The first kappa shape index (κ1) is 16.3. The fourth-order valence-electron chi connectivity index (χ4n) is 1.95. The van der Waals surface area contributed by atoms with Gasteiger partial charge in [0.2, 0.25) is 5.91 Å². The van der Waals surface area contributed by atoms with Crippen molar-refractivity contribution in [2.75, 3.05) is 0 Å². The van der Waals surface area contributed by atoms with Crippen molar-refractivity contribution in [1.82, 2.24) is 5.32 Å². The summed E-state index contributed by atoms with van der Waals surface area (Å²) in [5.41, 5.74) is 6.58. The van der Waals surface area contributed by atoms with Gasteiger partial charge in [-0.1, -0.05) is 53.5 Å². The van der Waals surface area contributed by atoms with Gasteiger partial charge in [-0.3, -0.25) is 9.59 Å². The number of carbonyl (C=O) groups is 2. The number of hydrogen-bond acceptors (Lipinski definition) is 2. The van der Waals surface area contributed by atoms with E-state index >= 15 is 0 Å². The average molecular weight is 337 g/mol. The van der Waals surface area contributed by atoms with E-state index in [2.05, 4.69) is 5.32 Å². The van der Waals surface area contributed by atoms with E-state index in [0.29, 0.717) is 17.0 Å². The molecule has 0 bridgehead atoms. The van der Waals surface area contributed by atoms with Gasteiger partial charge in [-0.05, 0) is 23.8 Å². The van der Waals surface area contributed by atoms with Crippen molar-refractivity contribution in [1.29, 1.82) is 0 Å². The Morgan fingerprint density at radius 2 is 1.73 bits per heavy atom. The highest BCUT2D eigenvalue weighted by Crippen LogP contribution is 2.22. The molecule has 2 rings (SSSR count). The maximum atomic E-state index is 12.2. The summed E-state index contributed by atoms with van der Waals surface area (Å²) in [5.74, 6) is -1.03. The van der Waals surface area contributed by atoms with Crippen LogP contribution in [0.15, 0.2) is 48.5 Å². The fraction of sp³-hybridized carbons (Fsp3) is 0.125. The summed E-state index contributed by atoms with van der Waals surface area (Å²) in [5, 5.41) is 3.24. The number of hydrogen-bond donors (Lipinski definition) is 2. The van der Waals surface area contributed by atoms with Crippen LogP contribution in [0.4, 0.5) is 0 Å². The standard InChI is InChI=1S/C16H14Cl2N2O2/c17-12-7-6-11(9-13(12)18)16(22)20-14(15(19)21)8-10-4-2-1-3-5-10/h1-7,9,14H,8H2,(H2,19,21)(H,20,22)/t14-/m0/s1. The Balaban J connectivity index is 2.12. The van der Waals surface area contributed by atoms with Crippen molar-refractivity contribution >= 4 is 35.0 Å². The van der Waals surface area contributed by atoms with Gasteiger partial charge in [-0.2, -0.15) is 0 Å². The third-order valence-corrected chi connectivity index (χ3v) is 3.85. The van der Waals surface area contributed by atoms with Gasteiger partial charge in [0.05, 0.1) is 10.0 Å². The van der Waals surface area contributed by atoms with Crippen LogP contribution in [0.5, 0.6) is 0 Å². The van der Waals surface area contributed by atoms with Crippen LogP contribution in [0.1, 0.15) is 15.9 Å². The minimum Gasteiger partial charge on any atom is -0.368 e. The number of amides is 2. The molecule has 6 heteroatoms. The Labute approximate surface area is 138 Å². The van der Waals surface area contributed by atoms with E-state index in [0.717, 1.165) is 5.56 Å². The van der Waals surface area contributed by atoms with E-state index in [9.17, 15) is 9.59 Å². The molecule has 22 heavy (non-hydrogen) atoms.